The molecule has 0 saturated heterocycles. The van der Waals surface area contributed by atoms with Crippen molar-refractivity contribution in [2.24, 2.45) is 0 Å². The van der Waals surface area contributed by atoms with Crippen LogP contribution in [0.1, 0.15) is 16.7 Å². The summed E-state index contributed by atoms with van der Waals surface area (Å²) < 4.78 is 0. The van der Waals surface area contributed by atoms with Gasteiger partial charge in [0.15, 0.2) is 5.76 Å². The average molecular weight is 265 g/mol. The summed E-state index contributed by atoms with van der Waals surface area (Å²) in [5.74, 6) is -0.225. The van der Waals surface area contributed by atoms with Crippen LogP contribution >= 0.6 is 0 Å². The maximum Gasteiger partial charge on any atom is 0.235 e. The lowest BCUT2D eigenvalue weighted by molar-refractivity contribution is 0.238. The highest BCUT2D eigenvalue weighted by Gasteiger charge is 2.18. The third-order valence-corrected chi connectivity index (χ3v) is 3.33. The monoisotopic (exact) mass is 265 g/mol. The van der Waals surface area contributed by atoms with E-state index in [1.807, 2.05) is 54.6 Å². The largest absolute Gasteiger partial charge is 0.503 e. The maximum absolute atomic E-state index is 10.2. The lowest BCUT2D eigenvalue weighted by Crippen LogP contribution is -2.16. The van der Waals surface area contributed by atoms with Crippen LogP contribution in [0.4, 0.5) is 0 Å². The van der Waals surface area contributed by atoms with E-state index in [2.05, 4.69) is 0 Å². The molecule has 3 heteroatoms. The smallest absolute Gasteiger partial charge is 0.235 e. The van der Waals surface area contributed by atoms with Gasteiger partial charge >= 0.3 is 0 Å². The predicted molar refractivity (Wildman–Crippen MR) is 79.6 cm³/mol. The molecule has 2 aromatic carbocycles. The molecule has 0 spiro atoms. The molecule has 2 aromatic rings. The van der Waals surface area contributed by atoms with Gasteiger partial charge in [0.25, 0.3) is 0 Å². The number of hydrogen-bond acceptors (Lipinski definition) is 3. The van der Waals surface area contributed by atoms with Gasteiger partial charge < -0.3 is 15.1 Å². The Morgan fingerprint density at radius 2 is 1.55 bits per heavy atom. The molecule has 0 aromatic heterocycles. The summed E-state index contributed by atoms with van der Waals surface area (Å²) in [5, 5.41) is 20.4. The van der Waals surface area contributed by atoms with Crippen LogP contribution < -0.4 is 0 Å². The molecule has 0 bridgehead atoms. The molecule has 0 radical (unpaired) electrons. The summed E-state index contributed by atoms with van der Waals surface area (Å²) in [4.78, 5) is 1.63. The van der Waals surface area contributed by atoms with Gasteiger partial charge in [0.2, 0.25) is 5.88 Å². The molecule has 3 nitrogen and oxygen atoms in total. The molecule has 100 valence electrons. The van der Waals surface area contributed by atoms with Gasteiger partial charge in [0, 0.05) is 11.8 Å². The third kappa shape index (κ3) is 2.26. The van der Waals surface area contributed by atoms with Crippen molar-refractivity contribution in [1.29, 1.82) is 0 Å². The number of rotatable bonds is 2. The van der Waals surface area contributed by atoms with Crippen LogP contribution in [-0.4, -0.2) is 15.1 Å². The molecular weight excluding hydrogens is 250 g/mol. The van der Waals surface area contributed by atoms with Gasteiger partial charge in [0.1, 0.15) is 0 Å². The Bertz CT molecular complexity index is 674. The molecular formula is C17H15NO2. The number of hydrogen-bond donors (Lipinski definition) is 2. The topological polar surface area (TPSA) is 43.7 Å². The van der Waals surface area contributed by atoms with Crippen LogP contribution in [0.25, 0.3) is 11.8 Å². The minimum atomic E-state index is -0.130. The molecule has 0 aliphatic carbocycles. The summed E-state index contributed by atoms with van der Waals surface area (Å²) in [6.45, 7) is 0.501. The van der Waals surface area contributed by atoms with E-state index in [-0.39, 0.29) is 11.6 Å². The second-order valence-corrected chi connectivity index (χ2v) is 4.69. The molecule has 0 unspecified atom stereocenters. The van der Waals surface area contributed by atoms with E-state index < -0.39 is 0 Å². The summed E-state index contributed by atoms with van der Waals surface area (Å²) in [6, 6.07) is 17.2. The molecule has 1 aliphatic rings. The van der Waals surface area contributed by atoms with Crippen LogP contribution in [0.2, 0.25) is 0 Å². The van der Waals surface area contributed by atoms with E-state index >= 15 is 0 Å². The van der Waals surface area contributed by atoms with Gasteiger partial charge in [-0.25, -0.2) is 0 Å². The van der Waals surface area contributed by atoms with E-state index in [1.165, 1.54) is 0 Å². The van der Waals surface area contributed by atoms with Crippen molar-refractivity contribution >= 4 is 11.8 Å². The fourth-order valence-corrected chi connectivity index (χ4v) is 2.26. The highest BCUT2D eigenvalue weighted by Crippen LogP contribution is 2.26. The Kier molecular flexibility index (Phi) is 3.17. The summed E-state index contributed by atoms with van der Waals surface area (Å²) >= 11 is 0. The van der Waals surface area contributed by atoms with Crippen molar-refractivity contribution in [2.45, 2.75) is 6.54 Å². The molecule has 1 aliphatic heterocycles. The van der Waals surface area contributed by atoms with E-state index in [4.69, 9.17) is 0 Å². The third-order valence-electron chi connectivity index (χ3n) is 3.33. The van der Waals surface area contributed by atoms with E-state index in [0.717, 1.165) is 11.1 Å². The minimum Gasteiger partial charge on any atom is -0.503 e. The average Bonchev–Trinajstić information content (AvgIpc) is 2.61. The highest BCUT2D eigenvalue weighted by molar-refractivity contribution is 5.72. The van der Waals surface area contributed by atoms with Crippen molar-refractivity contribution < 1.29 is 10.2 Å². The fraction of sp³-hybridized carbons (Fsp3) is 0.0588. The predicted octanol–water partition coefficient (Wildman–Crippen LogP) is 3.92. The standard InChI is InChI=1S/C17H15NO2/c19-16-15-9-5-4-8-14(15)10-11-18(17(16)20)12-13-6-2-1-3-7-13/h1-11,19-20H,12H2. The van der Waals surface area contributed by atoms with Crippen LogP contribution in [-0.2, 0) is 6.54 Å². The molecule has 0 saturated carbocycles. The summed E-state index contributed by atoms with van der Waals surface area (Å²) in [7, 11) is 0. The first kappa shape index (κ1) is 12.4. The van der Waals surface area contributed by atoms with Crippen LogP contribution in [0.15, 0.2) is 66.7 Å². The Morgan fingerprint density at radius 1 is 0.850 bits per heavy atom. The van der Waals surface area contributed by atoms with E-state index in [1.54, 1.807) is 17.2 Å². The Labute approximate surface area is 117 Å². The summed E-state index contributed by atoms with van der Waals surface area (Å²) in [6.07, 6.45) is 3.67. The summed E-state index contributed by atoms with van der Waals surface area (Å²) in [5.41, 5.74) is 2.58. The van der Waals surface area contributed by atoms with Crippen molar-refractivity contribution in [2.75, 3.05) is 0 Å². The first-order valence-electron chi connectivity index (χ1n) is 6.46. The number of aliphatic hydroxyl groups is 2. The van der Waals surface area contributed by atoms with E-state index in [0.29, 0.717) is 12.1 Å². The molecule has 0 fully saturated rings. The van der Waals surface area contributed by atoms with Gasteiger partial charge in [-0.3, -0.25) is 0 Å². The van der Waals surface area contributed by atoms with Crippen molar-refractivity contribution in [3.63, 3.8) is 0 Å². The molecule has 20 heavy (non-hydrogen) atoms. The van der Waals surface area contributed by atoms with Crippen molar-refractivity contribution in [1.82, 2.24) is 4.90 Å². The van der Waals surface area contributed by atoms with Gasteiger partial charge in [0.05, 0.1) is 6.54 Å². The van der Waals surface area contributed by atoms with Crippen LogP contribution in [0.5, 0.6) is 0 Å². The Hall–Kier alpha value is -2.68. The van der Waals surface area contributed by atoms with Gasteiger partial charge in [-0.05, 0) is 17.2 Å². The number of nitrogens with zero attached hydrogens (tertiary/aromatic N) is 1. The second-order valence-electron chi connectivity index (χ2n) is 4.69. The van der Waals surface area contributed by atoms with E-state index in [9.17, 15) is 10.2 Å². The first-order chi connectivity index (χ1) is 9.75. The van der Waals surface area contributed by atoms with Crippen molar-refractivity contribution in [3.8, 4) is 0 Å². The lowest BCUT2D eigenvalue weighted by atomic mass is 10.1. The zero-order valence-corrected chi connectivity index (χ0v) is 10.9. The minimum absolute atomic E-state index is 0.0958. The lowest BCUT2D eigenvalue weighted by Gasteiger charge is -2.19. The van der Waals surface area contributed by atoms with Gasteiger partial charge in [-0.2, -0.15) is 0 Å². The number of aliphatic hydroxyl groups excluding tert-OH is 2. The molecule has 1 heterocycles. The van der Waals surface area contributed by atoms with Crippen LogP contribution in [0.3, 0.4) is 0 Å². The van der Waals surface area contributed by atoms with Crippen molar-refractivity contribution in [3.05, 3.63) is 83.4 Å². The Morgan fingerprint density at radius 3 is 2.35 bits per heavy atom. The quantitative estimate of drug-likeness (QED) is 0.865. The zero-order chi connectivity index (χ0) is 13.9. The maximum atomic E-state index is 10.2. The highest BCUT2D eigenvalue weighted by atomic mass is 16.3. The zero-order valence-electron chi connectivity index (χ0n) is 10.9. The normalized spacial score (nSPS) is 14.1. The molecule has 0 atom stereocenters. The number of fused-ring (bicyclic) bond motifs is 1. The van der Waals surface area contributed by atoms with Crippen LogP contribution in [0, 0.1) is 0 Å². The second kappa shape index (κ2) is 5.13. The SMILES string of the molecule is OC1=C(O)N(Cc2ccccc2)C=Cc2ccccc21. The first-order valence-corrected chi connectivity index (χ1v) is 6.46. The van der Waals surface area contributed by atoms with Gasteiger partial charge in [-0.1, -0.05) is 54.6 Å². The molecule has 0 amide bonds. The molecule has 2 N–H and O–H groups in total. The fourth-order valence-electron chi connectivity index (χ4n) is 2.26. The number of benzene rings is 2. The Balaban J connectivity index is 1.98. The molecule has 3 rings (SSSR count). The van der Waals surface area contributed by atoms with Gasteiger partial charge in [-0.15, -0.1) is 0 Å².